The summed E-state index contributed by atoms with van der Waals surface area (Å²) >= 11 is 0. The van der Waals surface area contributed by atoms with Crippen molar-refractivity contribution in [1.82, 2.24) is 14.7 Å². The van der Waals surface area contributed by atoms with Crippen LogP contribution in [0.4, 0.5) is 0 Å². The Balaban J connectivity index is 2.46. The number of nitrogens with zero attached hydrogens (tertiary/aromatic N) is 2. The van der Waals surface area contributed by atoms with Crippen LogP contribution in [0.5, 0.6) is 0 Å². The predicted molar refractivity (Wildman–Crippen MR) is 69.9 cm³/mol. The van der Waals surface area contributed by atoms with Gasteiger partial charge in [0.25, 0.3) is 10.0 Å². The van der Waals surface area contributed by atoms with Gasteiger partial charge in [0, 0.05) is 18.4 Å². The fourth-order valence-electron chi connectivity index (χ4n) is 1.56. The van der Waals surface area contributed by atoms with Crippen LogP contribution in [0.3, 0.4) is 0 Å². The van der Waals surface area contributed by atoms with Crippen molar-refractivity contribution in [1.29, 1.82) is 0 Å². The van der Waals surface area contributed by atoms with E-state index in [-0.39, 0.29) is 11.1 Å². The maximum absolute atomic E-state index is 12.1. The van der Waals surface area contributed by atoms with Gasteiger partial charge in [-0.3, -0.25) is 0 Å². The first-order chi connectivity index (χ1) is 8.90. The molecule has 2 aromatic rings. The van der Waals surface area contributed by atoms with Gasteiger partial charge in [0.05, 0.1) is 11.8 Å². The smallest absolute Gasteiger partial charge is 0.274 e. The van der Waals surface area contributed by atoms with Crippen LogP contribution in [0.15, 0.2) is 34.2 Å². The Morgan fingerprint density at radius 3 is 2.47 bits per heavy atom. The fraction of sp³-hybridized carbons (Fsp3) is 0.333. The molecule has 0 atom stereocenters. The van der Waals surface area contributed by atoms with Crippen LogP contribution in [-0.4, -0.2) is 24.4 Å². The van der Waals surface area contributed by atoms with Crippen molar-refractivity contribution >= 4 is 10.0 Å². The van der Waals surface area contributed by atoms with E-state index in [1.54, 1.807) is 32.3 Å². The normalized spacial score (nSPS) is 12.0. The van der Waals surface area contributed by atoms with Gasteiger partial charge in [-0.15, -0.1) is 0 Å². The van der Waals surface area contributed by atoms with Crippen molar-refractivity contribution in [3.8, 4) is 11.4 Å². The lowest BCUT2D eigenvalue weighted by Gasteiger charge is -2.08. The van der Waals surface area contributed by atoms with Crippen molar-refractivity contribution in [3.63, 3.8) is 0 Å². The number of furan rings is 1. The van der Waals surface area contributed by atoms with Gasteiger partial charge in [0.15, 0.2) is 5.82 Å². The number of nitrogens with one attached hydrogen (secondary N) is 1. The van der Waals surface area contributed by atoms with Crippen LogP contribution in [0.1, 0.15) is 19.4 Å². The molecule has 0 saturated heterocycles. The second-order valence-electron chi connectivity index (χ2n) is 4.48. The highest BCUT2D eigenvalue weighted by Crippen LogP contribution is 2.25. The van der Waals surface area contributed by atoms with E-state index in [4.69, 9.17) is 4.42 Å². The fourth-order valence-corrected chi connectivity index (χ4v) is 2.92. The molecule has 0 aliphatic heterocycles. The highest BCUT2D eigenvalue weighted by atomic mass is 32.2. The summed E-state index contributed by atoms with van der Waals surface area (Å²) in [6.45, 7) is 5.34. The Bertz CT molecular complexity index is 660. The second-order valence-corrected chi connectivity index (χ2v) is 6.10. The molecule has 0 bridgehead atoms. The van der Waals surface area contributed by atoms with Gasteiger partial charge in [-0.2, -0.15) is 0 Å². The topological polar surface area (TPSA) is 85.1 Å². The minimum atomic E-state index is -3.70. The summed E-state index contributed by atoms with van der Waals surface area (Å²) in [5.41, 5.74) is 1.25. The molecule has 0 fully saturated rings. The molecule has 0 spiro atoms. The monoisotopic (exact) mass is 281 g/mol. The first-order valence-electron chi connectivity index (χ1n) is 5.79. The van der Waals surface area contributed by atoms with Crippen molar-refractivity contribution in [3.05, 3.63) is 30.3 Å². The van der Waals surface area contributed by atoms with Crippen molar-refractivity contribution < 1.29 is 12.8 Å². The van der Waals surface area contributed by atoms with Gasteiger partial charge in [0.2, 0.25) is 5.09 Å². The van der Waals surface area contributed by atoms with Crippen molar-refractivity contribution in [2.45, 2.75) is 31.9 Å². The van der Waals surface area contributed by atoms with E-state index in [0.29, 0.717) is 11.4 Å². The Hall–Kier alpha value is -1.73. The SMILES string of the molecule is Cc1cnc(-c2ccoc2S(=O)(=O)NC(C)C)nc1. The van der Waals surface area contributed by atoms with Gasteiger partial charge >= 0.3 is 0 Å². The molecule has 2 aromatic heterocycles. The average Bonchev–Trinajstić information content (AvgIpc) is 2.78. The maximum atomic E-state index is 12.1. The third kappa shape index (κ3) is 2.99. The maximum Gasteiger partial charge on any atom is 0.274 e. The van der Waals surface area contributed by atoms with Crippen LogP contribution in [0.25, 0.3) is 11.4 Å². The van der Waals surface area contributed by atoms with Crippen LogP contribution < -0.4 is 4.72 Å². The average molecular weight is 281 g/mol. The van der Waals surface area contributed by atoms with Gasteiger partial charge in [-0.05, 0) is 32.4 Å². The molecular weight excluding hydrogens is 266 g/mol. The molecule has 7 heteroatoms. The number of aryl methyl sites for hydroxylation is 1. The third-order valence-corrected chi connectivity index (χ3v) is 3.87. The summed E-state index contributed by atoms with van der Waals surface area (Å²) in [4.78, 5) is 8.22. The minimum absolute atomic E-state index is 0.162. The van der Waals surface area contributed by atoms with Gasteiger partial charge in [-0.1, -0.05) is 0 Å². The molecular formula is C12H15N3O3S. The molecule has 0 aliphatic carbocycles. The molecule has 2 heterocycles. The lowest BCUT2D eigenvalue weighted by molar-refractivity contribution is 0.444. The molecule has 102 valence electrons. The Labute approximate surface area is 111 Å². The lowest BCUT2D eigenvalue weighted by atomic mass is 10.3. The van der Waals surface area contributed by atoms with Gasteiger partial charge in [-0.25, -0.2) is 23.1 Å². The molecule has 0 saturated carbocycles. The summed E-state index contributed by atoms with van der Waals surface area (Å²) < 4.78 is 31.8. The third-order valence-electron chi connectivity index (χ3n) is 2.29. The summed E-state index contributed by atoms with van der Waals surface area (Å²) in [5, 5.41) is -0.162. The number of rotatable bonds is 4. The number of hydrogen-bond acceptors (Lipinski definition) is 5. The Morgan fingerprint density at radius 1 is 1.26 bits per heavy atom. The zero-order chi connectivity index (χ0) is 14.0. The molecule has 2 rings (SSSR count). The largest absolute Gasteiger partial charge is 0.451 e. The van der Waals surface area contributed by atoms with Crippen LogP contribution in [-0.2, 0) is 10.0 Å². The van der Waals surface area contributed by atoms with E-state index >= 15 is 0 Å². The summed E-state index contributed by atoms with van der Waals surface area (Å²) in [5.74, 6) is 0.323. The predicted octanol–water partition coefficient (Wildman–Crippen LogP) is 1.73. The van der Waals surface area contributed by atoms with E-state index < -0.39 is 10.0 Å². The molecule has 0 radical (unpaired) electrons. The molecule has 0 aromatic carbocycles. The highest BCUT2D eigenvalue weighted by molar-refractivity contribution is 7.89. The summed E-state index contributed by atoms with van der Waals surface area (Å²) in [6, 6.07) is 1.32. The molecule has 6 nitrogen and oxygen atoms in total. The van der Waals surface area contributed by atoms with Gasteiger partial charge < -0.3 is 4.42 Å². The van der Waals surface area contributed by atoms with E-state index in [1.165, 1.54) is 6.26 Å². The van der Waals surface area contributed by atoms with E-state index in [2.05, 4.69) is 14.7 Å². The van der Waals surface area contributed by atoms with Crippen LogP contribution in [0.2, 0.25) is 0 Å². The highest BCUT2D eigenvalue weighted by Gasteiger charge is 2.25. The van der Waals surface area contributed by atoms with Crippen LogP contribution >= 0.6 is 0 Å². The first-order valence-corrected chi connectivity index (χ1v) is 7.27. The van der Waals surface area contributed by atoms with Gasteiger partial charge in [0.1, 0.15) is 0 Å². The minimum Gasteiger partial charge on any atom is -0.451 e. The Kier molecular flexibility index (Phi) is 3.68. The number of aromatic nitrogens is 2. The lowest BCUT2D eigenvalue weighted by Crippen LogP contribution is -2.30. The molecule has 19 heavy (non-hydrogen) atoms. The van der Waals surface area contributed by atoms with E-state index in [0.717, 1.165) is 5.56 Å². The molecule has 1 N–H and O–H groups in total. The number of sulfonamides is 1. The number of hydrogen-bond donors (Lipinski definition) is 1. The Morgan fingerprint density at radius 2 is 1.89 bits per heavy atom. The van der Waals surface area contributed by atoms with Crippen LogP contribution in [0, 0.1) is 6.92 Å². The molecule has 0 unspecified atom stereocenters. The zero-order valence-electron chi connectivity index (χ0n) is 10.9. The van der Waals surface area contributed by atoms with Crippen molar-refractivity contribution in [2.24, 2.45) is 0 Å². The van der Waals surface area contributed by atoms with E-state index in [9.17, 15) is 8.42 Å². The standard InChI is InChI=1S/C12H15N3O3S/c1-8(2)15-19(16,17)12-10(4-5-18-12)11-13-6-9(3)7-14-11/h4-8,15H,1-3H3. The molecule has 0 aliphatic rings. The molecule has 0 amide bonds. The van der Waals surface area contributed by atoms with E-state index in [1.807, 2.05) is 6.92 Å². The quantitative estimate of drug-likeness (QED) is 0.922. The zero-order valence-corrected chi connectivity index (χ0v) is 11.7. The first kappa shape index (κ1) is 13.7. The summed E-state index contributed by atoms with van der Waals surface area (Å²) in [6.07, 6.45) is 4.57. The van der Waals surface area contributed by atoms with Crippen molar-refractivity contribution in [2.75, 3.05) is 0 Å². The second kappa shape index (κ2) is 5.10. The summed E-state index contributed by atoms with van der Waals surface area (Å²) in [7, 11) is -3.70.